The summed E-state index contributed by atoms with van der Waals surface area (Å²) in [6.07, 6.45) is 2.68. The van der Waals surface area contributed by atoms with Gasteiger partial charge in [-0.25, -0.2) is 4.98 Å². The monoisotopic (exact) mass is 345 g/mol. The number of β-amino-alcohol motifs (C(OH)–C–C–N with tert-alkyl or cyclic N) is 1. The van der Waals surface area contributed by atoms with Gasteiger partial charge in [0, 0.05) is 46.5 Å². The molecular formula is C16H23N7O2. The van der Waals surface area contributed by atoms with Gasteiger partial charge in [-0.05, 0) is 12.1 Å². The predicted octanol–water partition coefficient (Wildman–Crippen LogP) is -0.429. The molecule has 1 aliphatic rings. The minimum absolute atomic E-state index is 0.128. The van der Waals surface area contributed by atoms with Crippen molar-refractivity contribution in [1.82, 2.24) is 29.5 Å². The van der Waals surface area contributed by atoms with Crippen LogP contribution in [-0.2, 0) is 13.6 Å². The van der Waals surface area contributed by atoms with Crippen molar-refractivity contribution in [2.24, 2.45) is 7.05 Å². The van der Waals surface area contributed by atoms with E-state index in [1.54, 1.807) is 36.6 Å². The number of carbonyl (C=O) groups is 1. The SMILES string of the molecule is CNc1ncccc1C(=O)N1CCN(Cc2nncn2C)CC(O)C1. The van der Waals surface area contributed by atoms with E-state index in [-0.39, 0.29) is 5.91 Å². The fourth-order valence-electron chi connectivity index (χ4n) is 2.98. The van der Waals surface area contributed by atoms with E-state index in [1.807, 2.05) is 11.6 Å². The molecule has 1 unspecified atom stereocenters. The van der Waals surface area contributed by atoms with Gasteiger partial charge in [0.2, 0.25) is 0 Å². The van der Waals surface area contributed by atoms with Crippen molar-refractivity contribution in [3.05, 3.63) is 36.0 Å². The zero-order chi connectivity index (χ0) is 17.8. The lowest BCUT2D eigenvalue weighted by Crippen LogP contribution is -2.38. The molecule has 1 aliphatic heterocycles. The third-order valence-electron chi connectivity index (χ3n) is 4.32. The molecule has 3 rings (SSSR count). The lowest BCUT2D eigenvalue weighted by Gasteiger charge is -2.22. The molecule has 2 aromatic heterocycles. The van der Waals surface area contributed by atoms with Crippen molar-refractivity contribution in [3.8, 4) is 0 Å². The van der Waals surface area contributed by atoms with E-state index in [1.165, 1.54) is 0 Å². The Bertz CT molecular complexity index is 733. The van der Waals surface area contributed by atoms with Crippen molar-refractivity contribution in [1.29, 1.82) is 0 Å². The second-order valence-electron chi connectivity index (χ2n) is 6.15. The third kappa shape index (κ3) is 3.94. The number of aromatic nitrogens is 4. The number of nitrogens with one attached hydrogen (secondary N) is 1. The first-order valence-electron chi connectivity index (χ1n) is 8.24. The Morgan fingerprint density at radius 1 is 1.40 bits per heavy atom. The highest BCUT2D eigenvalue weighted by atomic mass is 16.3. The number of rotatable bonds is 4. The van der Waals surface area contributed by atoms with Crippen LogP contribution >= 0.6 is 0 Å². The Morgan fingerprint density at radius 2 is 2.24 bits per heavy atom. The highest BCUT2D eigenvalue weighted by Gasteiger charge is 2.27. The molecule has 1 fully saturated rings. The molecular weight excluding hydrogens is 322 g/mol. The van der Waals surface area contributed by atoms with Crippen molar-refractivity contribution >= 4 is 11.7 Å². The molecule has 0 aromatic carbocycles. The van der Waals surface area contributed by atoms with E-state index in [0.29, 0.717) is 44.1 Å². The van der Waals surface area contributed by atoms with Crippen LogP contribution in [0.5, 0.6) is 0 Å². The van der Waals surface area contributed by atoms with E-state index in [0.717, 1.165) is 5.82 Å². The quantitative estimate of drug-likeness (QED) is 0.776. The van der Waals surface area contributed by atoms with Crippen LogP contribution in [0.3, 0.4) is 0 Å². The summed E-state index contributed by atoms with van der Waals surface area (Å²) in [7, 11) is 3.63. The second kappa shape index (κ2) is 7.58. The minimum atomic E-state index is -0.616. The van der Waals surface area contributed by atoms with Gasteiger partial charge in [-0.1, -0.05) is 0 Å². The number of nitrogens with zero attached hydrogens (tertiary/aromatic N) is 6. The average molecular weight is 345 g/mol. The molecule has 0 saturated carbocycles. The molecule has 1 amide bonds. The molecule has 2 N–H and O–H groups in total. The summed E-state index contributed by atoms with van der Waals surface area (Å²) < 4.78 is 1.86. The first-order valence-corrected chi connectivity index (χ1v) is 8.24. The van der Waals surface area contributed by atoms with Gasteiger partial charge < -0.3 is 19.9 Å². The Morgan fingerprint density at radius 3 is 2.96 bits per heavy atom. The first-order chi connectivity index (χ1) is 12.1. The lowest BCUT2D eigenvalue weighted by atomic mass is 10.2. The van der Waals surface area contributed by atoms with Crippen LogP contribution in [0.1, 0.15) is 16.2 Å². The number of aryl methyl sites for hydroxylation is 1. The summed E-state index contributed by atoms with van der Waals surface area (Å²) in [6.45, 7) is 2.57. The maximum absolute atomic E-state index is 12.8. The van der Waals surface area contributed by atoms with Gasteiger partial charge in [-0.2, -0.15) is 0 Å². The van der Waals surface area contributed by atoms with Crippen LogP contribution in [0.4, 0.5) is 5.82 Å². The Balaban J connectivity index is 1.70. The number of hydrogen-bond donors (Lipinski definition) is 2. The summed E-state index contributed by atoms with van der Waals surface area (Å²) in [5, 5.41) is 21.2. The number of aliphatic hydroxyl groups is 1. The molecule has 0 bridgehead atoms. The number of pyridine rings is 1. The smallest absolute Gasteiger partial charge is 0.257 e. The zero-order valence-corrected chi connectivity index (χ0v) is 14.5. The standard InChI is InChI=1S/C16H23N7O2/c1-17-15-13(4-3-5-18-15)16(25)23-7-6-22(8-12(24)9-23)10-14-20-19-11-21(14)2/h3-5,11-12,24H,6-10H2,1-2H3,(H,17,18). The maximum Gasteiger partial charge on any atom is 0.257 e. The lowest BCUT2D eigenvalue weighted by molar-refractivity contribution is 0.0663. The van der Waals surface area contributed by atoms with Gasteiger partial charge >= 0.3 is 0 Å². The normalized spacial score (nSPS) is 18.8. The van der Waals surface area contributed by atoms with Crippen LogP contribution < -0.4 is 5.32 Å². The molecule has 0 spiro atoms. The van der Waals surface area contributed by atoms with E-state index >= 15 is 0 Å². The molecule has 1 atom stereocenters. The summed E-state index contributed by atoms with van der Waals surface area (Å²) in [5.74, 6) is 1.25. The third-order valence-corrected chi connectivity index (χ3v) is 4.32. The van der Waals surface area contributed by atoms with Gasteiger partial charge in [0.15, 0.2) is 0 Å². The van der Waals surface area contributed by atoms with Gasteiger partial charge in [0.05, 0.1) is 18.2 Å². The van der Waals surface area contributed by atoms with Crippen molar-refractivity contribution in [2.75, 3.05) is 38.5 Å². The molecule has 2 aromatic rings. The number of anilines is 1. The van der Waals surface area contributed by atoms with Crippen LogP contribution in [-0.4, -0.2) is 79.9 Å². The molecule has 25 heavy (non-hydrogen) atoms. The van der Waals surface area contributed by atoms with Crippen LogP contribution in [0.25, 0.3) is 0 Å². The zero-order valence-electron chi connectivity index (χ0n) is 14.5. The first kappa shape index (κ1) is 17.3. The number of aliphatic hydroxyl groups excluding tert-OH is 1. The van der Waals surface area contributed by atoms with E-state index in [4.69, 9.17) is 0 Å². The van der Waals surface area contributed by atoms with Gasteiger partial charge in [0.25, 0.3) is 5.91 Å². The van der Waals surface area contributed by atoms with Gasteiger partial charge in [0.1, 0.15) is 18.0 Å². The molecule has 0 aliphatic carbocycles. The van der Waals surface area contributed by atoms with E-state index < -0.39 is 6.10 Å². The molecule has 1 saturated heterocycles. The molecule has 0 radical (unpaired) electrons. The maximum atomic E-state index is 12.8. The Labute approximate surface area is 146 Å². The largest absolute Gasteiger partial charge is 0.390 e. The fraction of sp³-hybridized carbons (Fsp3) is 0.500. The Kier molecular flexibility index (Phi) is 5.25. The number of hydrogen-bond acceptors (Lipinski definition) is 7. The highest BCUT2D eigenvalue weighted by molar-refractivity contribution is 5.98. The van der Waals surface area contributed by atoms with E-state index in [2.05, 4.69) is 25.4 Å². The minimum Gasteiger partial charge on any atom is -0.390 e. The summed E-state index contributed by atoms with van der Waals surface area (Å²) in [5.41, 5.74) is 0.513. The number of amides is 1. The second-order valence-corrected chi connectivity index (χ2v) is 6.15. The predicted molar refractivity (Wildman–Crippen MR) is 92.0 cm³/mol. The van der Waals surface area contributed by atoms with Crippen LogP contribution in [0.2, 0.25) is 0 Å². The summed E-state index contributed by atoms with van der Waals surface area (Å²) in [6, 6.07) is 3.48. The highest BCUT2D eigenvalue weighted by Crippen LogP contribution is 2.16. The fourth-order valence-corrected chi connectivity index (χ4v) is 2.98. The van der Waals surface area contributed by atoms with Crippen LogP contribution in [0, 0.1) is 0 Å². The number of carbonyl (C=O) groups excluding carboxylic acids is 1. The average Bonchev–Trinajstić information content (AvgIpc) is 2.92. The molecule has 3 heterocycles. The Hall–Kier alpha value is -2.52. The molecule has 9 nitrogen and oxygen atoms in total. The van der Waals surface area contributed by atoms with Crippen molar-refractivity contribution in [3.63, 3.8) is 0 Å². The van der Waals surface area contributed by atoms with E-state index in [9.17, 15) is 9.90 Å². The molecule has 9 heteroatoms. The summed E-state index contributed by atoms with van der Waals surface area (Å²) in [4.78, 5) is 20.8. The summed E-state index contributed by atoms with van der Waals surface area (Å²) >= 11 is 0. The van der Waals surface area contributed by atoms with Crippen molar-refractivity contribution in [2.45, 2.75) is 12.6 Å². The molecule has 134 valence electrons. The van der Waals surface area contributed by atoms with Crippen molar-refractivity contribution < 1.29 is 9.90 Å². The topological polar surface area (TPSA) is 99.4 Å². The van der Waals surface area contributed by atoms with Gasteiger partial charge in [-0.3, -0.25) is 9.69 Å². The van der Waals surface area contributed by atoms with Gasteiger partial charge in [-0.15, -0.1) is 10.2 Å². The van der Waals surface area contributed by atoms with Crippen LogP contribution in [0.15, 0.2) is 24.7 Å².